The highest BCUT2D eigenvalue weighted by molar-refractivity contribution is 5.93. The molecule has 1 saturated heterocycles. The molecule has 1 fully saturated rings. The van der Waals surface area contributed by atoms with E-state index in [1.165, 1.54) is 12.8 Å². The molecule has 0 aromatic heterocycles. The summed E-state index contributed by atoms with van der Waals surface area (Å²) < 4.78 is 5.15. The number of likely N-dealkylation sites (tertiary alicyclic amines) is 1. The van der Waals surface area contributed by atoms with Crippen molar-refractivity contribution < 1.29 is 14.3 Å². The normalized spacial score (nSPS) is 16.2. The van der Waals surface area contributed by atoms with Crippen LogP contribution >= 0.6 is 0 Å². The maximum absolute atomic E-state index is 12.7. The van der Waals surface area contributed by atoms with Gasteiger partial charge in [0.05, 0.1) is 19.7 Å². The Morgan fingerprint density at radius 2 is 1.92 bits per heavy atom. The van der Waals surface area contributed by atoms with Gasteiger partial charge in [-0.05, 0) is 38.9 Å². The fourth-order valence-electron chi connectivity index (χ4n) is 3.01. The maximum atomic E-state index is 12.7. The van der Waals surface area contributed by atoms with Gasteiger partial charge in [-0.15, -0.1) is 0 Å². The third-order valence-corrected chi connectivity index (χ3v) is 4.68. The smallest absolute Gasteiger partial charge is 0.239 e. The Hall–Kier alpha value is -2.08. The van der Waals surface area contributed by atoms with E-state index in [-0.39, 0.29) is 24.4 Å². The minimum absolute atomic E-state index is 0.110. The van der Waals surface area contributed by atoms with E-state index in [1.807, 2.05) is 37.1 Å². The third kappa shape index (κ3) is 5.74. The lowest BCUT2D eigenvalue weighted by Crippen LogP contribution is -2.48. The van der Waals surface area contributed by atoms with Crippen molar-refractivity contribution >= 4 is 17.5 Å². The van der Waals surface area contributed by atoms with Crippen LogP contribution in [-0.2, 0) is 9.59 Å². The standard InChI is InChI=1S/C19H29N3O3/c1-15(19(24)22-11-6-4-5-7-12-22)21(2)14-18(23)20-16-9-8-10-17(13-16)25-3/h8-10,13,15H,4-7,11-12,14H2,1-3H3,(H,20,23). The number of methoxy groups -OCH3 is 1. The minimum atomic E-state index is -0.311. The Morgan fingerprint density at radius 1 is 1.24 bits per heavy atom. The molecule has 6 nitrogen and oxygen atoms in total. The van der Waals surface area contributed by atoms with Crippen molar-refractivity contribution in [1.29, 1.82) is 0 Å². The molecule has 6 heteroatoms. The van der Waals surface area contributed by atoms with E-state index in [1.54, 1.807) is 18.1 Å². The van der Waals surface area contributed by atoms with Crippen molar-refractivity contribution in [1.82, 2.24) is 9.80 Å². The van der Waals surface area contributed by atoms with E-state index in [0.29, 0.717) is 11.4 Å². The molecule has 0 radical (unpaired) electrons. The Labute approximate surface area is 150 Å². The summed E-state index contributed by atoms with van der Waals surface area (Å²) in [5, 5.41) is 2.85. The molecule has 25 heavy (non-hydrogen) atoms. The van der Waals surface area contributed by atoms with E-state index in [2.05, 4.69) is 5.32 Å². The summed E-state index contributed by atoms with van der Waals surface area (Å²) in [6.45, 7) is 3.68. The first-order valence-electron chi connectivity index (χ1n) is 8.94. The van der Waals surface area contributed by atoms with Crippen molar-refractivity contribution in [2.75, 3.05) is 39.1 Å². The maximum Gasteiger partial charge on any atom is 0.239 e. The van der Waals surface area contributed by atoms with Crippen LogP contribution in [0.1, 0.15) is 32.6 Å². The van der Waals surface area contributed by atoms with Crippen LogP contribution in [0.15, 0.2) is 24.3 Å². The van der Waals surface area contributed by atoms with Gasteiger partial charge in [-0.3, -0.25) is 14.5 Å². The molecule has 2 amide bonds. The lowest BCUT2D eigenvalue weighted by atomic mass is 10.2. The van der Waals surface area contributed by atoms with Crippen LogP contribution in [0.25, 0.3) is 0 Å². The number of likely N-dealkylation sites (N-methyl/N-ethyl adjacent to an activating group) is 1. The summed E-state index contributed by atoms with van der Waals surface area (Å²) in [4.78, 5) is 28.6. The van der Waals surface area contributed by atoms with E-state index in [0.717, 1.165) is 25.9 Å². The lowest BCUT2D eigenvalue weighted by Gasteiger charge is -2.29. The van der Waals surface area contributed by atoms with Gasteiger partial charge in [0, 0.05) is 24.8 Å². The van der Waals surface area contributed by atoms with Crippen LogP contribution in [0.3, 0.4) is 0 Å². The van der Waals surface area contributed by atoms with E-state index < -0.39 is 0 Å². The van der Waals surface area contributed by atoms with Gasteiger partial charge >= 0.3 is 0 Å². The average molecular weight is 347 g/mol. The average Bonchev–Trinajstić information content (AvgIpc) is 2.89. The summed E-state index contributed by atoms with van der Waals surface area (Å²) >= 11 is 0. The van der Waals surface area contributed by atoms with Crippen LogP contribution in [-0.4, -0.2) is 61.4 Å². The molecule has 138 valence electrons. The summed E-state index contributed by atoms with van der Waals surface area (Å²) in [6.07, 6.45) is 4.52. The molecule has 1 unspecified atom stereocenters. The number of anilines is 1. The second-order valence-electron chi connectivity index (χ2n) is 6.61. The van der Waals surface area contributed by atoms with Gasteiger partial charge in [0.15, 0.2) is 0 Å². The predicted molar refractivity (Wildman–Crippen MR) is 98.8 cm³/mol. The van der Waals surface area contributed by atoms with Gasteiger partial charge in [-0.2, -0.15) is 0 Å². The summed E-state index contributed by atoms with van der Waals surface area (Å²) in [7, 11) is 3.40. The predicted octanol–water partition coefficient (Wildman–Crippen LogP) is 2.36. The highest BCUT2D eigenvalue weighted by atomic mass is 16.5. The number of rotatable bonds is 6. The van der Waals surface area contributed by atoms with E-state index in [9.17, 15) is 9.59 Å². The molecular weight excluding hydrogens is 318 g/mol. The first-order valence-corrected chi connectivity index (χ1v) is 8.94. The summed E-state index contributed by atoms with van der Waals surface area (Å²) in [5.74, 6) is 0.653. The molecular formula is C19H29N3O3. The van der Waals surface area contributed by atoms with Crippen LogP contribution < -0.4 is 10.1 Å². The van der Waals surface area contributed by atoms with Crippen molar-refractivity contribution in [2.45, 2.75) is 38.6 Å². The fourth-order valence-corrected chi connectivity index (χ4v) is 3.01. The highest BCUT2D eigenvalue weighted by Crippen LogP contribution is 2.17. The van der Waals surface area contributed by atoms with Crippen molar-refractivity contribution in [2.24, 2.45) is 0 Å². The van der Waals surface area contributed by atoms with Crippen LogP contribution in [0.2, 0.25) is 0 Å². The topological polar surface area (TPSA) is 61.9 Å². The van der Waals surface area contributed by atoms with Gasteiger partial charge in [0.2, 0.25) is 11.8 Å². The zero-order valence-corrected chi connectivity index (χ0v) is 15.5. The monoisotopic (exact) mass is 347 g/mol. The molecule has 1 heterocycles. The van der Waals surface area contributed by atoms with Gasteiger partial charge in [-0.1, -0.05) is 18.9 Å². The van der Waals surface area contributed by atoms with E-state index in [4.69, 9.17) is 4.74 Å². The number of benzene rings is 1. The highest BCUT2D eigenvalue weighted by Gasteiger charge is 2.25. The number of ether oxygens (including phenoxy) is 1. The SMILES string of the molecule is COc1cccc(NC(=O)CN(C)C(C)C(=O)N2CCCCCC2)c1. The summed E-state index contributed by atoms with van der Waals surface area (Å²) in [5.41, 5.74) is 0.684. The number of nitrogens with zero attached hydrogens (tertiary/aromatic N) is 2. The number of hydrogen-bond acceptors (Lipinski definition) is 4. The van der Waals surface area contributed by atoms with Gasteiger partial charge in [0.1, 0.15) is 5.75 Å². The number of nitrogens with one attached hydrogen (secondary N) is 1. The minimum Gasteiger partial charge on any atom is -0.497 e. The van der Waals surface area contributed by atoms with Gasteiger partial charge in [0.25, 0.3) is 0 Å². The zero-order chi connectivity index (χ0) is 18.2. The largest absolute Gasteiger partial charge is 0.497 e. The quantitative estimate of drug-likeness (QED) is 0.858. The van der Waals surface area contributed by atoms with Crippen molar-refractivity contribution in [3.8, 4) is 5.75 Å². The van der Waals surface area contributed by atoms with Crippen LogP contribution in [0.4, 0.5) is 5.69 Å². The van der Waals surface area contributed by atoms with Crippen molar-refractivity contribution in [3.05, 3.63) is 24.3 Å². The van der Waals surface area contributed by atoms with Crippen molar-refractivity contribution in [3.63, 3.8) is 0 Å². The molecule has 0 bridgehead atoms. The first kappa shape index (κ1) is 19.2. The second-order valence-corrected chi connectivity index (χ2v) is 6.61. The Bertz CT molecular complexity index is 583. The molecule has 1 aromatic rings. The van der Waals surface area contributed by atoms with Crippen LogP contribution in [0.5, 0.6) is 5.75 Å². The zero-order valence-electron chi connectivity index (χ0n) is 15.5. The van der Waals surface area contributed by atoms with E-state index >= 15 is 0 Å². The summed E-state index contributed by atoms with van der Waals surface area (Å²) in [6, 6.07) is 6.91. The molecule has 1 aliphatic heterocycles. The number of carbonyl (C=O) groups is 2. The Morgan fingerprint density at radius 3 is 2.56 bits per heavy atom. The second kappa shape index (κ2) is 9.42. The van der Waals surface area contributed by atoms with Gasteiger partial charge in [-0.25, -0.2) is 0 Å². The number of amides is 2. The molecule has 1 N–H and O–H groups in total. The third-order valence-electron chi connectivity index (χ3n) is 4.68. The number of hydrogen-bond donors (Lipinski definition) is 1. The molecule has 0 aliphatic carbocycles. The molecule has 0 saturated carbocycles. The Balaban J connectivity index is 1.87. The van der Waals surface area contributed by atoms with Gasteiger partial charge < -0.3 is 15.0 Å². The molecule has 1 aromatic carbocycles. The molecule has 1 atom stereocenters. The molecule has 1 aliphatic rings. The number of carbonyl (C=O) groups excluding carboxylic acids is 2. The van der Waals surface area contributed by atoms with Crippen LogP contribution in [0, 0.1) is 0 Å². The first-order chi connectivity index (χ1) is 12.0. The fraction of sp³-hybridized carbons (Fsp3) is 0.579. The molecule has 0 spiro atoms. The Kier molecular flexibility index (Phi) is 7.25. The lowest BCUT2D eigenvalue weighted by molar-refractivity contribution is -0.136. The molecule has 2 rings (SSSR count).